The zero-order valence-electron chi connectivity index (χ0n) is 17.7. The van der Waals surface area contributed by atoms with Crippen LogP contribution in [0.1, 0.15) is 23.2 Å². The van der Waals surface area contributed by atoms with E-state index in [9.17, 15) is 4.79 Å². The third kappa shape index (κ3) is 4.82. The lowest BCUT2D eigenvalue weighted by atomic mass is 10.1. The highest BCUT2D eigenvalue weighted by atomic mass is 32.2. The Hall–Kier alpha value is -2.81. The molecule has 0 spiro atoms. The van der Waals surface area contributed by atoms with Gasteiger partial charge in [-0.3, -0.25) is 9.78 Å². The van der Waals surface area contributed by atoms with Gasteiger partial charge in [0.15, 0.2) is 0 Å². The molecule has 1 amide bonds. The van der Waals surface area contributed by atoms with Gasteiger partial charge in [0.25, 0.3) is 5.91 Å². The number of anilines is 1. The lowest BCUT2D eigenvalue weighted by molar-refractivity contribution is 0.102. The second kappa shape index (κ2) is 9.36. The number of nitrogens with one attached hydrogen (secondary N) is 1. The number of pyridine rings is 2. The van der Waals surface area contributed by atoms with E-state index in [-0.39, 0.29) is 5.91 Å². The molecular weight excluding hydrogens is 438 g/mol. The number of benzene rings is 1. The Kier molecular flexibility index (Phi) is 6.16. The summed E-state index contributed by atoms with van der Waals surface area (Å²) in [7, 11) is 2.16. The molecule has 0 aliphatic carbocycles. The number of thiazole rings is 1. The summed E-state index contributed by atoms with van der Waals surface area (Å²) in [5.41, 5.74) is 3.52. The van der Waals surface area contributed by atoms with Gasteiger partial charge in [0.2, 0.25) is 0 Å². The Bertz CT molecular complexity index is 1240. The van der Waals surface area contributed by atoms with Gasteiger partial charge in [0.05, 0.1) is 15.4 Å². The largest absolute Gasteiger partial charge is 0.307 e. The molecule has 0 atom stereocenters. The number of thioether (sulfide) groups is 1. The third-order valence-corrected chi connectivity index (χ3v) is 7.72. The van der Waals surface area contributed by atoms with Crippen molar-refractivity contribution >= 4 is 45.6 Å². The molecule has 1 aromatic carbocycles. The molecule has 0 radical (unpaired) electrons. The lowest BCUT2D eigenvalue weighted by Gasteiger charge is -2.28. The Labute approximate surface area is 195 Å². The summed E-state index contributed by atoms with van der Waals surface area (Å²) in [6, 6.07) is 11.7. The van der Waals surface area contributed by atoms with Crippen molar-refractivity contribution in [3.05, 3.63) is 66.1 Å². The van der Waals surface area contributed by atoms with Crippen molar-refractivity contribution in [2.24, 2.45) is 0 Å². The molecule has 4 aromatic rings. The Morgan fingerprint density at radius 1 is 1.09 bits per heavy atom. The summed E-state index contributed by atoms with van der Waals surface area (Å²) < 4.78 is 0. The number of carbonyl (C=O) groups excluding carboxylic acids is 1. The Morgan fingerprint density at radius 3 is 2.78 bits per heavy atom. The average molecular weight is 462 g/mol. The summed E-state index contributed by atoms with van der Waals surface area (Å²) in [6.07, 6.45) is 7.64. The molecule has 0 bridgehead atoms. The van der Waals surface area contributed by atoms with Gasteiger partial charge < -0.3 is 10.2 Å². The molecule has 5 rings (SSSR count). The number of aromatic nitrogens is 3. The van der Waals surface area contributed by atoms with E-state index in [2.05, 4.69) is 44.3 Å². The van der Waals surface area contributed by atoms with Gasteiger partial charge >= 0.3 is 0 Å². The maximum absolute atomic E-state index is 12.9. The molecule has 4 heterocycles. The molecule has 162 valence electrons. The van der Waals surface area contributed by atoms with E-state index in [1.807, 2.05) is 29.9 Å². The Balaban J connectivity index is 1.31. The molecule has 1 fully saturated rings. The minimum absolute atomic E-state index is 0.178. The number of hydrogen-bond donors (Lipinski definition) is 1. The summed E-state index contributed by atoms with van der Waals surface area (Å²) >= 11 is 3.37. The van der Waals surface area contributed by atoms with E-state index in [1.54, 1.807) is 41.6 Å². The predicted octanol–water partition coefficient (Wildman–Crippen LogP) is 5.19. The maximum atomic E-state index is 12.9. The maximum Gasteiger partial charge on any atom is 0.256 e. The summed E-state index contributed by atoms with van der Waals surface area (Å²) in [5.74, 6) is 0.355. The van der Waals surface area contributed by atoms with E-state index in [0.717, 1.165) is 52.2 Å². The average Bonchev–Trinajstić information content (AvgIpc) is 3.35. The van der Waals surface area contributed by atoms with E-state index >= 15 is 0 Å². The summed E-state index contributed by atoms with van der Waals surface area (Å²) in [5, 5.41) is 6.43. The molecule has 1 aliphatic rings. The van der Waals surface area contributed by atoms with Crippen LogP contribution in [0.25, 0.3) is 21.2 Å². The molecular formula is C24H23N5OS2. The predicted molar refractivity (Wildman–Crippen MR) is 131 cm³/mol. The molecule has 1 saturated heterocycles. The molecule has 0 saturated carbocycles. The number of fused-ring (bicyclic) bond motifs is 1. The van der Waals surface area contributed by atoms with Crippen LogP contribution >= 0.6 is 23.1 Å². The topological polar surface area (TPSA) is 71.0 Å². The highest BCUT2D eigenvalue weighted by molar-refractivity contribution is 7.99. The molecule has 32 heavy (non-hydrogen) atoms. The van der Waals surface area contributed by atoms with Crippen LogP contribution in [0.3, 0.4) is 0 Å². The van der Waals surface area contributed by atoms with Crippen molar-refractivity contribution in [2.45, 2.75) is 23.1 Å². The third-order valence-electron chi connectivity index (χ3n) is 5.63. The van der Waals surface area contributed by atoms with Crippen molar-refractivity contribution in [3.8, 4) is 10.4 Å². The first-order chi connectivity index (χ1) is 15.6. The highest BCUT2D eigenvalue weighted by Crippen LogP contribution is 2.30. The van der Waals surface area contributed by atoms with Crippen molar-refractivity contribution in [3.63, 3.8) is 0 Å². The lowest BCUT2D eigenvalue weighted by Crippen LogP contribution is -2.31. The molecule has 8 heteroatoms. The number of rotatable bonds is 5. The first-order valence-electron chi connectivity index (χ1n) is 10.6. The number of amides is 1. The molecule has 3 aromatic heterocycles. The van der Waals surface area contributed by atoms with E-state index in [1.165, 1.54) is 0 Å². The van der Waals surface area contributed by atoms with Gasteiger partial charge in [-0.05, 0) is 68.2 Å². The summed E-state index contributed by atoms with van der Waals surface area (Å²) in [6.45, 7) is 2.21. The van der Waals surface area contributed by atoms with Gasteiger partial charge in [-0.15, -0.1) is 23.1 Å². The van der Waals surface area contributed by atoms with Crippen molar-refractivity contribution in [2.75, 3.05) is 25.5 Å². The zero-order valence-corrected chi connectivity index (χ0v) is 19.3. The van der Waals surface area contributed by atoms with Gasteiger partial charge in [0, 0.05) is 34.8 Å². The van der Waals surface area contributed by atoms with Gasteiger partial charge in [-0.2, -0.15) is 0 Å². The van der Waals surface area contributed by atoms with Gasteiger partial charge in [-0.1, -0.05) is 12.1 Å². The zero-order chi connectivity index (χ0) is 21.9. The number of piperidine rings is 1. The van der Waals surface area contributed by atoms with Crippen molar-refractivity contribution in [1.82, 2.24) is 19.9 Å². The van der Waals surface area contributed by atoms with Gasteiger partial charge in [-0.25, -0.2) is 9.97 Å². The Morgan fingerprint density at radius 2 is 1.97 bits per heavy atom. The molecule has 1 N–H and O–H groups in total. The first kappa shape index (κ1) is 21.1. The standard InChI is InChI=1S/C24H23N5OS2/c1-29-8-5-20(6-9-29)32-23-12-17(4-7-26-23)24(30)28-22-11-19-10-16(21-14-25-15-31-21)2-3-18(19)13-27-22/h2-4,7,10-15,20H,5-6,8-9H2,1H3,(H,27,28,30). The number of hydrogen-bond acceptors (Lipinski definition) is 7. The van der Waals surface area contributed by atoms with Crippen LogP contribution in [0, 0.1) is 0 Å². The van der Waals surface area contributed by atoms with Crippen LogP contribution < -0.4 is 5.32 Å². The fraction of sp³-hybridized carbons (Fsp3) is 0.250. The second-order valence-electron chi connectivity index (χ2n) is 7.95. The highest BCUT2D eigenvalue weighted by Gasteiger charge is 2.19. The van der Waals surface area contributed by atoms with E-state index in [4.69, 9.17) is 0 Å². The van der Waals surface area contributed by atoms with E-state index in [0.29, 0.717) is 16.6 Å². The first-order valence-corrected chi connectivity index (χ1v) is 12.3. The minimum Gasteiger partial charge on any atom is -0.307 e. The summed E-state index contributed by atoms with van der Waals surface area (Å²) in [4.78, 5) is 29.4. The van der Waals surface area contributed by atoms with Crippen molar-refractivity contribution in [1.29, 1.82) is 0 Å². The van der Waals surface area contributed by atoms with Crippen molar-refractivity contribution < 1.29 is 4.79 Å². The smallest absolute Gasteiger partial charge is 0.256 e. The normalized spacial score (nSPS) is 15.2. The minimum atomic E-state index is -0.178. The number of likely N-dealkylation sites (tertiary alicyclic amines) is 1. The van der Waals surface area contributed by atoms with Crippen LogP contribution in [-0.4, -0.2) is 51.1 Å². The van der Waals surface area contributed by atoms with Crippen LogP contribution in [-0.2, 0) is 0 Å². The number of carbonyl (C=O) groups is 1. The molecule has 1 aliphatic heterocycles. The SMILES string of the molecule is CN1CCC(Sc2cc(C(=O)Nc3cc4cc(-c5cncs5)ccc4cn3)ccn2)CC1. The van der Waals surface area contributed by atoms with Crippen LogP contribution in [0.5, 0.6) is 0 Å². The fourth-order valence-corrected chi connectivity index (χ4v) is 5.52. The molecule has 6 nitrogen and oxygen atoms in total. The monoisotopic (exact) mass is 461 g/mol. The van der Waals surface area contributed by atoms with Gasteiger partial charge in [0.1, 0.15) is 5.82 Å². The quantitative estimate of drug-likeness (QED) is 0.441. The second-order valence-corrected chi connectivity index (χ2v) is 10.2. The van der Waals surface area contributed by atoms with Crippen LogP contribution in [0.2, 0.25) is 0 Å². The molecule has 0 unspecified atom stereocenters. The fourth-order valence-electron chi connectivity index (χ4n) is 3.80. The van der Waals surface area contributed by atoms with Crippen LogP contribution in [0.15, 0.2) is 65.5 Å². The number of nitrogens with zero attached hydrogens (tertiary/aromatic N) is 4. The van der Waals surface area contributed by atoms with E-state index < -0.39 is 0 Å². The van der Waals surface area contributed by atoms with Crippen LogP contribution in [0.4, 0.5) is 5.82 Å².